The van der Waals surface area contributed by atoms with Crippen molar-refractivity contribution < 1.29 is 14.7 Å². The van der Waals surface area contributed by atoms with E-state index in [0.29, 0.717) is 23.2 Å². The molecule has 2 aromatic rings. The van der Waals surface area contributed by atoms with Crippen LogP contribution < -0.4 is 10.6 Å². The molecule has 6 heteroatoms. The summed E-state index contributed by atoms with van der Waals surface area (Å²) >= 11 is 0. The minimum Gasteiger partial charge on any atom is -0.392 e. The quantitative estimate of drug-likeness (QED) is 0.495. The van der Waals surface area contributed by atoms with Gasteiger partial charge in [0, 0.05) is 36.0 Å². The monoisotopic (exact) mass is 419 g/mol. The van der Waals surface area contributed by atoms with Crippen LogP contribution in [0.15, 0.2) is 48.5 Å². The Kier molecular flexibility index (Phi) is 6.20. The van der Waals surface area contributed by atoms with Gasteiger partial charge in [0.15, 0.2) is 0 Å². The predicted octanol–water partition coefficient (Wildman–Crippen LogP) is 3.11. The number of carbonyl (C=O) groups excluding carboxylic acids is 2. The molecule has 2 aliphatic heterocycles. The van der Waals surface area contributed by atoms with Crippen molar-refractivity contribution in [2.24, 2.45) is 0 Å². The molecule has 0 spiro atoms. The first kappa shape index (κ1) is 21.3. The number of hydrogen-bond acceptors (Lipinski definition) is 5. The van der Waals surface area contributed by atoms with Gasteiger partial charge in [0.2, 0.25) is 0 Å². The highest BCUT2D eigenvalue weighted by Gasteiger charge is 2.28. The van der Waals surface area contributed by atoms with Crippen molar-refractivity contribution in [3.63, 3.8) is 0 Å². The summed E-state index contributed by atoms with van der Waals surface area (Å²) in [5.41, 5.74) is 4.91. The van der Waals surface area contributed by atoms with Crippen LogP contribution >= 0.6 is 0 Å². The number of carbonyl (C=O) groups is 2. The van der Waals surface area contributed by atoms with E-state index in [4.69, 9.17) is 0 Å². The Bertz CT molecular complexity index is 1010. The minimum absolute atomic E-state index is 0.240. The zero-order chi connectivity index (χ0) is 22.0. The fraction of sp³-hybridized carbons (Fsp3) is 0.360. The number of anilines is 1. The SMILES string of the molecule is Cc1ccc2c(c1)/C(=C/CNc1ccc(CN3CCCC3C(C)O)cc1)C(=O)NC2=O. The van der Waals surface area contributed by atoms with Gasteiger partial charge in [0.1, 0.15) is 0 Å². The highest BCUT2D eigenvalue weighted by molar-refractivity contribution is 6.31. The number of aryl methyl sites for hydroxylation is 1. The van der Waals surface area contributed by atoms with Gasteiger partial charge in [-0.15, -0.1) is 0 Å². The zero-order valence-corrected chi connectivity index (χ0v) is 18.0. The zero-order valence-electron chi connectivity index (χ0n) is 18.0. The number of nitrogens with zero attached hydrogens (tertiary/aromatic N) is 1. The Morgan fingerprint density at radius 2 is 1.94 bits per heavy atom. The summed E-state index contributed by atoms with van der Waals surface area (Å²) in [6.45, 7) is 6.14. The van der Waals surface area contributed by atoms with Crippen molar-refractivity contribution >= 4 is 23.1 Å². The number of hydrogen-bond donors (Lipinski definition) is 3. The molecule has 2 amide bonds. The van der Waals surface area contributed by atoms with E-state index in [2.05, 4.69) is 27.7 Å². The molecule has 31 heavy (non-hydrogen) atoms. The third-order valence-corrected chi connectivity index (χ3v) is 6.10. The summed E-state index contributed by atoms with van der Waals surface area (Å²) in [4.78, 5) is 26.8. The maximum absolute atomic E-state index is 12.4. The first-order valence-corrected chi connectivity index (χ1v) is 10.8. The molecule has 3 N–H and O–H groups in total. The second-order valence-electron chi connectivity index (χ2n) is 8.45. The number of nitrogens with one attached hydrogen (secondary N) is 2. The standard InChI is InChI=1S/C25H29N3O3/c1-16-5-10-20-22(14-16)21(25(31)27-24(20)30)11-12-26-19-8-6-18(7-9-19)15-28-13-3-4-23(28)17(2)29/h5-11,14,17,23,26,29H,3-4,12-13,15H2,1-2H3,(H,27,30,31)/b21-11-. The maximum atomic E-state index is 12.4. The van der Waals surface area contributed by atoms with E-state index in [1.54, 1.807) is 6.07 Å². The van der Waals surface area contributed by atoms with Crippen LogP contribution in [-0.4, -0.2) is 47.1 Å². The predicted molar refractivity (Wildman–Crippen MR) is 122 cm³/mol. The maximum Gasteiger partial charge on any atom is 0.258 e. The molecular formula is C25H29N3O3. The summed E-state index contributed by atoms with van der Waals surface area (Å²) in [6.07, 6.45) is 3.70. The number of benzene rings is 2. The van der Waals surface area contributed by atoms with Gasteiger partial charge in [-0.2, -0.15) is 0 Å². The summed E-state index contributed by atoms with van der Waals surface area (Å²) in [5.74, 6) is -0.713. The molecule has 6 nitrogen and oxygen atoms in total. The Morgan fingerprint density at radius 1 is 1.16 bits per heavy atom. The lowest BCUT2D eigenvalue weighted by atomic mass is 9.93. The van der Waals surface area contributed by atoms with Crippen molar-refractivity contribution in [3.8, 4) is 0 Å². The number of imide groups is 1. The van der Waals surface area contributed by atoms with Gasteiger partial charge in [0.25, 0.3) is 11.8 Å². The lowest BCUT2D eigenvalue weighted by molar-refractivity contribution is -0.114. The second kappa shape index (κ2) is 9.04. The van der Waals surface area contributed by atoms with Crippen LogP contribution in [0, 0.1) is 6.92 Å². The van der Waals surface area contributed by atoms with E-state index in [1.807, 2.05) is 44.2 Å². The number of amides is 2. The molecule has 2 atom stereocenters. The van der Waals surface area contributed by atoms with Gasteiger partial charge < -0.3 is 10.4 Å². The number of aliphatic hydroxyl groups excluding tert-OH is 1. The molecule has 162 valence electrons. The lowest BCUT2D eigenvalue weighted by Crippen LogP contribution is -2.36. The van der Waals surface area contributed by atoms with E-state index < -0.39 is 0 Å². The molecule has 0 saturated carbocycles. The van der Waals surface area contributed by atoms with Crippen molar-refractivity contribution in [3.05, 3.63) is 70.8 Å². The summed E-state index contributed by atoms with van der Waals surface area (Å²) in [7, 11) is 0. The Hall–Kier alpha value is -2.96. The van der Waals surface area contributed by atoms with Crippen LogP contribution in [0.1, 0.15) is 46.8 Å². The van der Waals surface area contributed by atoms with Crippen molar-refractivity contribution in [1.82, 2.24) is 10.2 Å². The topological polar surface area (TPSA) is 81.7 Å². The molecule has 0 bridgehead atoms. The van der Waals surface area contributed by atoms with E-state index >= 15 is 0 Å². The number of fused-ring (bicyclic) bond motifs is 1. The van der Waals surface area contributed by atoms with Crippen molar-refractivity contribution in [2.45, 2.75) is 45.4 Å². The third-order valence-electron chi connectivity index (χ3n) is 6.10. The summed E-state index contributed by atoms with van der Waals surface area (Å²) in [5, 5.41) is 15.7. The molecule has 2 unspecified atom stereocenters. The highest BCUT2D eigenvalue weighted by atomic mass is 16.3. The Labute approximate surface area is 183 Å². The largest absolute Gasteiger partial charge is 0.392 e. The van der Waals surface area contributed by atoms with Crippen LogP contribution in [0.2, 0.25) is 0 Å². The molecule has 2 aliphatic rings. The molecule has 0 aliphatic carbocycles. The van der Waals surface area contributed by atoms with Gasteiger partial charge in [-0.25, -0.2) is 0 Å². The normalized spacial score (nSPS) is 21.1. The van der Waals surface area contributed by atoms with Crippen LogP contribution in [-0.2, 0) is 11.3 Å². The fourth-order valence-electron chi connectivity index (χ4n) is 4.47. The molecule has 1 saturated heterocycles. The summed E-state index contributed by atoms with van der Waals surface area (Å²) in [6, 6.07) is 14.0. The van der Waals surface area contributed by atoms with Crippen LogP contribution in [0.4, 0.5) is 5.69 Å². The van der Waals surface area contributed by atoms with Gasteiger partial charge in [-0.1, -0.05) is 35.9 Å². The minimum atomic E-state index is -0.362. The number of aliphatic hydroxyl groups is 1. The molecule has 2 aromatic carbocycles. The third kappa shape index (κ3) is 4.70. The van der Waals surface area contributed by atoms with E-state index in [0.717, 1.165) is 37.2 Å². The molecule has 0 aromatic heterocycles. The molecule has 2 heterocycles. The molecule has 4 rings (SSSR count). The van der Waals surface area contributed by atoms with Crippen molar-refractivity contribution in [1.29, 1.82) is 0 Å². The summed E-state index contributed by atoms with van der Waals surface area (Å²) < 4.78 is 0. The van der Waals surface area contributed by atoms with Gasteiger partial charge >= 0.3 is 0 Å². The molecular weight excluding hydrogens is 390 g/mol. The average Bonchev–Trinajstić information content (AvgIpc) is 3.20. The van der Waals surface area contributed by atoms with Gasteiger partial charge in [-0.05, 0) is 62.6 Å². The Morgan fingerprint density at radius 3 is 2.68 bits per heavy atom. The first-order valence-electron chi connectivity index (χ1n) is 10.8. The van der Waals surface area contributed by atoms with Crippen molar-refractivity contribution in [2.75, 3.05) is 18.4 Å². The number of rotatable bonds is 6. The average molecular weight is 420 g/mol. The van der Waals surface area contributed by atoms with E-state index in [1.165, 1.54) is 5.56 Å². The van der Waals surface area contributed by atoms with E-state index in [9.17, 15) is 14.7 Å². The molecule has 1 fully saturated rings. The van der Waals surface area contributed by atoms with Gasteiger partial charge in [0.05, 0.1) is 6.10 Å². The van der Waals surface area contributed by atoms with Crippen LogP contribution in [0.5, 0.6) is 0 Å². The van der Waals surface area contributed by atoms with Crippen LogP contribution in [0.25, 0.3) is 5.57 Å². The van der Waals surface area contributed by atoms with E-state index in [-0.39, 0.29) is 24.0 Å². The highest BCUT2D eigenvalue weighted by Crippen LogP contribution is 2.26. The number of likely N-dealkylation sites (tertiary alicyclic amines) is 1. The lowest BCUT2D eigenvalue weighted by Gasteiger charge is -2.26. The smallest absolute Gasteiger partial charge is 0.258 e. The molecule has 0 radical (unpaired) electrons. The first-order chi connectivity index (χ1) is 14.9. The second-order valence-corrected chi connectivity index (χ2v) is 8.45. The Balaban J connectivity index is 1.40. The fourth-order valence-corrected chi connectivity index (χ4v) is 4.47. The van der Waals surface area contributed by atoms with Gasteiger partial charge in [-0.3, -0.25) is 19.8 Å². The van der Waals surface area contributed by atoms with Crippen LogP contribution in [0.3, 0.4) is 0 Å².